The summed E-state index contributed by atoms with van der Waals surface area (Å²) in [5, 5.41) is 0. The summed E-state index contributed by atoms with van der Waals surface area (Å²) in [6.07, 6.45) is 15.1. The predicted octanol–water partition coefficient (Wildman–Crippen LogP) is 6.45. The second-order valence-corrected chi connectivity index (χ2v) is 7.68. The van der Waals surface area contributed by atoms with Gasteiger partial charge in [-0.1, -0.05) is 48.8 Å². The fourth-order valence-electron chi connectivity index (χ4n) is 3.74. The summed E-state index contributed by atoms with van der Waals surface area (Å²) in [6.45, 7) is 11.8. The van der Waals surface area contributed by atoms with E-state index in [1.807, 2.05) is 0 Å². The lowest BCUT2D eigenvalue weighted by Crippen LogP contribution is -1.91. The Labute approximate surface area is 126 Å². The van der Waals surface area contributed by atoms with Crippen molar-refractivity contribution in [2.45, 2.75) is 73.1 Å². The summed E-state index contributed by atoms with van der Waals surface area (Å²) in [4.78, 5) is 0. The lowest BCUT2D eigenvalue weighted by molar-refractivity contribution is 0.528. The van der Waals surface area contributed by atoms with Crippen molar-refractivity contribution >= 4 is 0 Å². The summed E-state index contributed by atoms with van der Waals surface area (Å²) >= 11 is 0. The Kier molecular flexibility index (Phi) is 4.94. The second kappa shape index (κ2) is 6.33. The highest BCUT2D eigenvalue weighted by Gasteiger charge is 2.55. The number of fused-ring (bicyclic) bond motifs is 1. The first-order valence-corrected chi connectivity index (χ1v) is 8.40. The standard InChI is InChI=1S/C20H32/c1-15-8-6-10-16(2)12-13-18-19(20(18,4)5)14-17(3)11-7-9-15/h9-10,14,18-19H,6-8,11-13H2,1-5H3/b15-9+,16-10+,17-14+/t18-,19-/m1/s1. The Morgan fingerprint density at radius 1 is 0.850 bits per heavy atom. The van der Waals surface area contributed by atoms with Crippen molar-refractivity contribution < 1.29 is 0 Å². The smallest absolute Gasteiger partial charge is 0.0143 e. The van der Waals surface area contributed by atoms with Gasteiger partial charge in [0.2, 0.25) is 0 Å². The Hall–Kier alpha value is -0.780. The van der Waals surface area contributed by atoms with Gasteiger partial charge in [0, 0.05) is 0 Å². The van der Waals surface area contributed by atoms with Crippen LogP contribution in [0.2, 0.25) is 0 Å². The molecule has 0 heteroatoms. The van der Waals surface area contributed by atoms with Gasteiger partial charge in [-0.3, -0.25) is 0 Å². The third-order valence-electron chi connectivity index (χ3n) is 5.52. The monoisotopic (exact) mass is 272 g/mol. The van der Waals surface area contributed by atoms with Gasteiger partial charge in [-0.15, -0.1) is 0 Å². The molecule has 1 fully saturated rings. The third kappa shape index (κ3) is 3.87. The molecule has 2 aliphatic rings. The van der Waals surface area contributed by atoms with Crippen molar-refractivity contribution in [2.75, 3.05) is 0 Å². The molecule has 20 heavy (non-hydrogen) atoms. The van der Waals surface area contributed by atoms with E-state index in [4.69, 9.17) is 0 Å². The van der Waals surface area contributed by atoms with Crippen molar-refractivity contribution in [3.8, 4) is 0 Å². The maximum atomic E-state index is 2.58. The van der Waals surface area contributed by atoms with E-state index in [0.717, 1.165) is 11.8 Å². The van der Waals surface area contributed by atoms with Crippen LogP contribution in [0.5, 0.6) is 0 Å². The van der Waals surface area contributed by atoms with Crippen LogP contribution >= 0.6 is 0 Å². The summed E-state index contributed by atoms with van der Waals surface area (Å²) in [5.74, 6) is 1.73. The van der Waals surface area contributed by atoms with E-state index >= 15 is 0 Å². The van der Waals surface area contributed by atoms with E-state index in [1.165, 1.54) is 38.5 Å². The highest BCUT2D eigenvalue weighted by Crippen LogP contribution is 2.61. The van der Waals surface area contributed by atoms with Crippen LogP contribution in [0.25, 0.3) is 0 Å². The van der Waals surface area contributed by atoms with Gasteiger partial charge in [-0.05, 0) is 76.5 Å². The molecule has 0 radical (unpaired) electrons. The molecular formula is C20H32. The molecule has 0 aliphatic heterocycles. The summed E-state index contributed by atoms with van der Waals surface area (Å²) < 4.78 is 0. The van der Waals surface area contributed by atoms with Crippen molar-refractivity contribution in [1.29, 1.82) is 0 Å². The summed E-state index contributed by atoms with van der Waals surface area (Å²) in [6, 6.07) is 0. The fourth-order valence-corrected chi connectivity index (χ4v) is 3.74. The molecule has 0 aromatic rings. The minimum Gasteiger partial charge on any atom is -0.0853 e. The maximum Gasteiger partial charge on any atom is -0.0143 e. The van der Waals surface area contributed by atoms with Crippen LogP contribution in [0.15, 0.2) is 34.9 Å². The molecule has 0 spiro atoms. The van der Waals surface area contributed by atoms with E-state index in [2.05, 4.69) is 52.8 Å². The summed E-state index contributed by atoms with van der Waals surface area (Å²) in [7, 11) is 0. The van der Waals surface area contributed by atoms with Crippen molar-refractivity contribution in [2.24, 2.45) is 17.3 Å². The van der Waals surface area contributed by atoms with E-state index in [9.17, 15) is 0 Å². The maximum absolute atomic E-state index is 2.58. The van der Waals surface area contributed by atoms with Gasteiger partial charge in [0.25, 0.3) is 0 Å². The first-order chi connectivity index (χ1) is 9.41. The Morgan fingerprint density at radius 3 is 2.05 bits per heavy atom. The highest BCUT2D eigenvalue weighted by molar-refractivity contribution is 5.19. The molecule has 0 saturated heterocycles. The van der Waals surface area contributed by atoms with Gasteiger partial charge in [0.15, 0.2) is 0 Å². The fraction of sp³-hybridized carbons (Fsp3) is 0.700. The topological polar surface area (TPSA) is 0 Å². The van der Waals surface area contributed by atoms with E-state index in [1.54, 1.807) is 16.7 Å². The Morgan fingerprint density at radius 2 is 1.40 bits per heavy atom. The van der Waals surface area contributed by atoms with E-state index in [0.29, 0.717) is 5.41 Å². The average Bonchev–Trinajstić information content (AvgIpc) is 2.86. The number of hydrogen-bond donors (Lipinski definition) is 0. The molecular weight excluding hydrogens is 240 g/mol. The van der Waals surface area contributed by atoms with Crippen LogP contribution in [-0.4, -0.2) is 0 Å². The van der Waals surface area contributed by atoms with Gasteiger partial charge in [-0.2, -0.15) is 0 Å². The molecule has 0 unspecified atom stereocenters. The molecule has 1 saturated carbocycles. The molecule has 0 bridgehead atoms. The first kappa shape index (κ1) is 15.6. The highest BCUT2D eigenvalue weighted by atomic mass is 14.6. The quantitative estimate of drug-likeness (QED) is 0.444. The van der Waals surface area contributed by atoms with Gasteiger partial charge in [0.1, 0.15) is 0 Å². The first-order valence-electron chi connectivity index (χ1n) is 8.40. The van der Waals surface area contributed by atoms with Gasteiger partial charge < -0.3 is 0 Å². The van der Waals surface area contributed by atoms with Crippen LogP contribution in [0.4, 0.5) is 0 Å². The average molecular weight is 272 g/mol. The lowest BCUT2D eigenvalue weighted by Gasteiger charge is -2.05. The van der Waals surface area contributed by atoms with Crippen molar-refractivity contribution in [3.05, 3.63) is 34.9 Å². The zero-order valence-electron chi connectivity index (χ0n) is 14.1. The molecule has 0 N–H and O–H groups in total. The third-order valence-corrected chi connectivity index (χ3v) is 5.52. The minimum absolute atomic E-state index is 0.535. The molecule has 112 valence electrons. The van der Waals surface area contributed by atoms with Gasteiger partial charge in [0.05, 0.1) is 0 Å². The molecule has 0 aromatic carbocycles. The van der Waals surface area contributed by atoms with Crippen LogP contribution in [0.3, 0.4) is 0 Å². The predicted molar refractivity (Wildman–Crippen MR) is 89.7 cm³/mol. The molecule has 0 amide bonds. The number of hydrogen-bond acceptors (Lipinski definition) is 0. The van der Waals surface area contributed by atoms with Crippen molar-refractivity contribution in [3.63, 3.8) is 0 Å². The summed E-state index contributed by atoms with van der Waals surface area (Å²) in [5.41, 5.74) is 5.28. The second-order valence-electron chi connectivity index (χ2n) is 7.68. The molecule has 0 nitrogen and oxygen atoms in total. The molecule has 2 aliphatic carbocycles. The van der Waals surface area contributed by atoms with Crippen molar-refractivity contribution in [1.82, 2.24) is 0 Å². The minimum atomic E-state index is 0.535. The van der Waals surface area contributed by atoms with Gasteiger partial charge in [-0.25, -0.2) is 0 Å². The van der Waals surface area contributed by atoms with Crippen LogP contribution < -0.4 is 0 Å². The number of allylic oxidation sites excluding steroid dienone is 6. The molecule has 2 rings (SSSR count). The Balaban J connectivity index is 2.09. The zero-order valence-corrected chi connectivity index (χ0v) is 14.1. The van der Waals surface area contributed by atoms with Crippen LogP contribution in [0, 0.1) is 17.3 Å². The molecule has 0 aromatic heterocycles. The Bertz CT molecular complexity index is 431. The number of rotatable bonds is 0. The van der Waals surface area contributed by atoms with E-state index in [-0.39, 0.29) is 0 Å². The van der Waals surface area contributed by atoms with E-state index < -0.39 is 0 Å². The van der Waals surface area contributed by atoms with Crippen LogP contribution in [-0.2, 0) is 0 Å². The molecule has 0 heterocycles. The zero-order chi connectivity index (χ0) is 14.8. The molecule has 2 atom stereocenters. The lowest BCUT2D eigenvalue weighted by atomic mass is 10.0. The van der Waals surface area contributed by atoms with Crippen LogP contribution in [0.1, 0.15) is 73.1 Å². The SMILES string of the molecule is C/C1=C\CC/C(C)=C/[C@@H]2[C@@H](CC/C(C)=C/CC1)C2(C)C. The largest absolute Gasteiger partial charge is 0.0853 e. The van der Waals surface area contributed by atoms with Gasteiger partial charge >= 0.3 is 0 Å². The normalized spacial score (nSPS) is 39.1.